The second-order valence-electron chi connectivity index (χ2n) is 4.72. The lowest BCUT2D eigenvalue weighted by atomic mass is 10.1. The van der Waals surface area contributed by atoms with Gasteiger partial charge in [0, 0.05) is 5.56 Å². The Bertz CT molecular complexity index is 353. The molecule has 0 aliphatic carbocycles. The quantitative estimate of drug-likeness (QED) is 0.723. The molecule has 1 fully saturated rings. The lowest BCUT2D eigenvalue weighted by molar-refractivity contribution is -0.149. The molecule has 0 N–H and O–H groups in total. The predicted molar refractivity (Wildman–Crippen MR) is 70.7 cm³/mol. The minimum atomic E-state index is -0.583. The third kappa shape index (κ3) is 3.24. The minimum absolute atomic E-state index is 0.583. The number of ether oxygens (including phenoxy) is 3. The van der Waals surface area contributed by atoms with Crippen LogP contribution in [0.25, 0.3) is 0 Å². The van der Waals surface area contributed by atoms with Crippen molar-refractivity contribution in [2.24, 2.45) is 0 Å². The van der Waals surface area contributed by atoms with Gasteiger partial charge in [-0.3, -0.25) is 0 Å². The van der Waals surface area contributed by atoms with E-state index in [9.17, 15) is 0 Å². The SMILES string of the molecule is CCCCCOc1ccc(C2(C)OCCO2)cc1. The molecule has 0 spiro atoms. The molecular formula is C15H22O3. The van der Waals surface area contributed by atoms with Crippen LogP contribution >= 0.6 is 0 Å². The monoisotopic (exact) mass is 250 g/mol. The van der Waals surface area contributed by atoms with Crippen LogP contribution in [0.1, 0.15) is 38.7 Å². The van der Waals surface area contributed by atoms with Gasteiger partial charge < -0.3 is 14.2 Å². The fourth-order valence-corrected chi connectivity index (χ4v) is 2.08. The zero-order chi connectivity index (χ0) is 12.8. The molecule has 0 bridgehead atoms. The van der Waals surface area contributed by atoms with E-state index in [1.165, 1.54) is 12.8 Å². The minimum Gasteiger partial charge on any atom is -0.494 e. The molecular weight excluding hydrogens is 228 g/mol. The first-order chi connectivity index (χ1) is 8.74. The molecule has 18 heavy (non-hydrogen) atoms. The first-order valence-corrected chi connectivity index (χ1v) is 6.76. The van der Waals surface area contributed by atoms with Crippen LogP contribution in [0.15, 0.2) is 24.3 Å². The van der Waals surface area contributed by atoms with Crippen molar-refractivity contribution >= 4 is 0 Å². The highest BCUT2D eigenvalue weighted by Gasteiger charge is 2.32. The molecule has 0 atom stereocenters. The normalized spacial score (nSPS) is 17.9. The van der Waals surface area contributed by atoms with E-state index >= 15 is 0 Å². The van der Waals surface area contributed by atoms with E-state index in [0.29, 0.717) is 13.2 Å². The van der Waals surface area contributed by atoms with Gasteiger partial charge in [0.05, 0.1) is 19.8 Å². The first-order valence-electron chi connectivity index (χ1n) is 6.76. The van der Waals surface area contributed by atoms with Crippen molar-refractivity contribution in [1.29, 1.82) is 0 Å². The Kier molecular flexibility index (Phi) is 4.61. The van der Waals surface area contributed by atoms with Crippen LogP contribution in [0, 0.1) is 0 Å². The van der Waals surface area contributed by atoms with Gasteiger partial charge in [0.25, 0.3) is 0 Å². The molecule has 100 valence electrons. The largest absolute Gasteiger partial charge is 0.494 e. The Hall–Kier alpha value is -1.06. The van der Waals surface area contributed by atoms with Crippen molar-refractivity contribution in [2.45, 2.75) is 38.9 Å². The van der Waals surface area contributed by atoms with Gasteiger partial charge >= 0.3 is 0 Å². The van der Waals surface area contributed by atoms with Crippen molar-refractivity contribution < 1.29 is 14.2 Å². The fraction of sp³-hybridized carbons (Fsp3) is 0.600. The maximum absolute atomic E-state index is 5.68. The van der Waals surface area contributed by atoms with E-state index in [4.69, 9.17) is 14.2 Å². The van der Waals surface area contributed by atoms with E-state index in [1.54, 1.807) is 0 Å². The van der Waals surface area contributed by atoms with Crippen LogP contribution in [0.2, 0.25) is 0 Å². The lowest BCUT2D eigenvalue weighted by Gasteiger charge is -2.22. The third-order valence-corrected chi connectivity index (χ3v) is 3.23. The van der Waals surface area contributed by atoms with Crippen LogP contribution in [0.3, 0.4) is 0 Å². The summed E-state index contributed by atoms with van der Waals surface area (Å²) in [6.07, 6.45) is 3.55. The van der Waals surface area contributed by atoms with Crippen molar-refractivity contribution in [3.8, 4) is 5.75 Å². The molecule has 0 aromatic heterocycles. The Morgan fingerprint density at radius 2 is 1.78 bits per heavy atom. The van der Waals surface area contributed by atoms with Gasteiger partial charge in [0.1, 0.15) is 5.75 Å². The highest BCUT2D eigenvalue weighted by atomic mass is 16.7. The highest BCUT2D eigenvalue weighted by Crippen LogP contribution is 2.31. The number of benzene rings is 1. The second kappa shape index (κ2) is 6.21. The maximum atomic E-state index is 5.68. The summed E-state index contributed by atoms with van der Waals surface area (Å²) in [6, 6.07) is 8.00. The van der Waals surface area contributed by atoms with E-state index in [1.807, 2.05) is 31.2 Å². The molecule has 0 radical (unpaired) electrons. The van der Waals surface area contributed by atoms with Crippen LogP contribution in [-0.4, -0.2) is 19.8 Å². The molecule has 3 heteroatoms. The Morgan fingerprint density at radius 1 is 1.11 bits per heavy atom. The fourth-order valence-electron chi connectivity index (χ4n) is 2.08. The van der Waals surface area contributed by atoms with Gasteiger partial charge in [-0.2, -0.15) is 0 Å². The summed E-state index contributed by atoms with van der Waals surface area (Å²) in [5, 5.41) is 0. The highest BCUT2D eigenvalue weighted by molar-refractivity contribution is 5.29. The lowest BCUT2D eigenvalue weighted by Crippen LogP contribution is -2.22. The number of rotatable bonds is 6. The summed E-state index contributed by atoms with van der Waals surface area (Å²) in [4.78, 5) is 0. The van der Waals surface area contributed by atoms with Crippen molar-refractivity contribution in [3.05, 3.63) is 29.8 Å². The van der Waals surface area contributed by atoms with Crippen molar-refractivity contribution in [1.82, 2.24) is 0 Å². The summed E-state index contributed by atoms with van der Waals surface area (Å²) >= 11 is 0. The topological polar surface area (TPSA) is 27.7 Å². The summed E-state index contributed by atoms with van der Waals surface area (Å²) in [5.41, 5.74) is 1.04. The van der Waals surface area contributed by atoms with Crippen molar-refractivity contribution in [3.63, 3.8) is 0 Å². The van der Waals surface area contributed by atoms with Gasteiger partial charge in [-0.15, -0.1) is 0 Å². The standard InChI is InChI=1S/C15H22O3/c1-3-4-5-10-16-14-8-6-13(7-9-14)15(2)17-11-12-18-15/h6-9H,3-5,10-12H2,1-2H3. The molecule has 0 saturated carbocycles. The van der Waals surface area contributed by atoms with Crippen LogP contribution in [-0.2, 0) is 15.3 Å². The first kappa shape index (κ1) is 13.4. The van der Waals surface area contributed by atoms with E-state index in [-0.39, 0.29) is 0 Å². The number of hydrogen-bond donors (Lipinski definition) is 0. The van der Waals surface area contributed by atoms with Crippen LogP contribution in [0.4, 0.5) is 0 Å². The number of hydrogen-bond acceptors (Lipinski definition) is 3. The van der Waals surface area contributed by atoms with E-state index < -0.39 is 5.79 Å². The Balaban J connectivity index is 1.89. The van der Waals surface area contributed by atoms with Gasteiger partial charge in [-0.1, -0.05) is 19.8 Å². The molecule has 1 aliphatic rings. The molecule has 3 nitrogen and oxygen atoms in total. The maximum Gasteiger partial charge on any atom is 0.192 e. The molecule has 0 unspecified atom stereocenters. The van der Waals surface area contributed by atoms with Gasteiger partial charge in [0.15, 0.2) is 5.79 Å². The molecule has 1 saturated heterocycles. The Labute approximate surface area is 109 Å². The zero-order valence-electron chi connectivity index (χ0n) is 11.3. The van der Waals surface area contributed by atoms with Crippen LogP contribution in [0.5, 0.6) is 5.75 Å². The molecule has 1 heterocycles. The smallest absolute Gasteiger partial charge is 0.192 e. The van der Waals surface area contributed by atoms with Gasteiger partial charge in [-0.25, -0.2) is 0 Å². The second-order valence-corrected chi connectivity index (χ2v) is 4.72. The summed E-state index contributed by atoms with van der Waals surface area (Å²) in [6.45, 7) is 6.25. The predicted octanol–water partition coefficient (Wildman–Crippen LogP) is 3.48. The summed E-state index contributed by atoms with van der Waals surface area (Å²) in [7, 11) is 0. The van der Waals surface area contributed by atoms with Gasteiger partial charge in [0.2, 0.25) is 0 Å². The number of unbranched alkanes of at least 4 members (excludes halogenated alkanes) is 2. The average molecular weight is 250 g/mol. The molecule has 0 amide bonds. The third-order valence-electron chi connectivity index (χ3n) is 3.23. The molecule has 1 aromatic carbocycles. The molecule has 1 aromatic rings. The average Bonchev–Trinajstić information content (AvgIpc) is 2.84. The molecule has 2 rings (SSSR count). The molecule has 1 aliphatic heterocycles. The summed E-state index contributed by atoms with van der Waals surface area (Å²) < 4.78 is 16.9. The van der Waals surface area contributed by atoms with Gasteiger partial charge in [-0.05, 0) is 37.6 Å². The van der Waals surface area contributed by atoms with E-state index in [2.05, 4.69) is 6.92 Å². The van der Waals surface area contributed by atoms with Crippen molar-refractivity contribution in [2.75, 3.05) is 19.8 Å². The zero-order valence-corrected chi connectivity index (χ0v) is 11.3. The van der Waals surface area contributed by atoms with Crippen LogP contribution < -0.4 is 4.74 Å². The van der Waals surface area contributed by atoms with E-state index in [0.717, 1.165) is 24.3 Å². The summed E-state index contributed by atoms with van der Waals surface area (Å²) in [5.74, 6) is 0.331. The Morgan fingerprint density at radius 3 is 2.39 bits per heavy atom.